The van der Waals surface area contributed by atoms with Crippen LogP contribution in [0, 0.1) is 6.92 Å². The van der Waals surface area contributed by atoms with Gasteiger partial charge in [-0.1, -0.05) is 29.8 Å². The van der Waals surface area contributed by atoms with Gasteiger partial charge in [0, 0.05) is 0 Å². The Balaban J connectivity index is 2.69. The number of hydrogen-bond donors (Lipinski definition) is 2. The molecule has 0 aliphatic heterocycles. The van der Waals surface area contributed by atoms with E-state index in [4.69, 9.17) is 5.73 Å². The summed E-state index contributed by atoms with van der Waals surface area (Å²) in [5.74, 6) is -0.126. The van der Waals surface area contributed by atoms with E-state index >= 15 is 0 Å². The maximum atomic E-state index is 11.0. The quantitative estimate of drug-likeness (QED) is 0.754. The Labute approximate surface area is 84.3 Å². The number of aryl methyl sites for hydroxylation is 1. The first-order valence-electron chi connectivity index (χ1n) is 4.69. The van der Waals surface area contributed by atoms with E-state index < -0.39 is 0 Å². The Bertz CT molecular complexity index is 323. The van der Waals surface area contributed by atoms with Crippen molar-refractivity contribution in [3.05, 3.63) is 35.4 Å². The summed E-state index contributed by atoms with van der Waals surface area (Å²) in [5, 5.41) is 2.81. The molecule has 0 fully saturated rings. The van der Waals surface area contributed by atoms with E-state index in [1.54, 1.807) is 0 Å². The van der Waals surface area contributed by atoms with Gasteiger partial charge in [-0.3, -0.25) is 4.79 Å². The van der Waals surface area contributed by atoms with Crippen molar-refractivity contribution in [2.75, 3.05) is 6.54 Å². The second-order valence-corrected chi connectivity index (χ2v) is 3.41. The number of nitrogens with two attached hydrogens (primary N) is 1. The van der Waals surface area contributed by atoms with E-state index in [0.29, 0.717) is 0 Å². The predicted octanol–water partition coefficient (Wildman–Crippen LogP) is 1.13. The van der Waals surface area contributed by atoms with Crippen molar-refractivity contribution < 1.29 is 4.79 Å². The molecule has 3 nitrogen and oxygen atoms in total. The largest absolute Gasteiger partial charge is 0.348 e. The molecule has 3 N–H and O–H groups in total. The van der Waals surface area contributed by atoms with Crippen LogP contribution >= 0.6 is 0 Å². The first kappa shape index (κ1) is 10.7. The van der Waals surface area contributed by atoms with E-state index in [-0.39, 0.29) is 18.5 Å². The van der Waals surface area contributed by atoms with Crippen LogP contribution in [0.1, 0.15) is 24.1 Å². The van der Waals surface area contributed by atoms with Crippen molar-refractivity contribution in [2.24, 2.45) is 5.73 Å². The van der Waals surface area contributed by atoms with Gasteiger partial charge in [-0.05, 0) is 19.4 Å². The van der Waals surface area contributed by atoms with Gasteiger partial charge in [0.05, 0.1) is 12.6 Å². The smallest absolute Gasteiger partial charge is 0.234 e. The molecule has 0 unspecified atom stereocenters. The first-order chi connectivity index (χ1) is 6.63. The van der Waals surface area contributed by atoms with Gasteiger partial charge in [0.2, 0.25) is 5.91 Å². The zero-order valence-corrected chi connectivity index (χ0v) is 8.58. The van der Waals surface area contributed by atoms with Crippen LogP contribution in [0.15, 0.2) is 24.3 Å². The highest BCUT2D eigenvalue weighted by atomic mass is 16.1. The molecule has 3 heteroatoms. The van der Waals surface area contributed by atoms with Gasteiger partial charge in [0.15, 0.2) is 0 Å². The van der Waals surface area contributed by atoms with Crippen LogP contribution < -0.4 is 11.1 Å². The third kappa shape index (κ3) is 2.85. The standard InChI is InChI=1S/C11H16N2O/c1-8-4-3-5-10(6-8)9(2)13-11(14)7-12/h3-6,9H,7,12H2,1-2H3,(H,13,14)/t9-/m1/s1. The van der Waals surface area contributed by atoms with Crippen molar-refractivity contribution in [1.82, 2.24) is 5.32 Å². The molecule has 0 spiro atoms. The number of benzene rings is 1. The lowest BCUT2D eigenvalue weighted by Gasteiger charge is -2.13. The molecule has 1 amide bonds. The SMILES string of the molecule is Cc1cccc([C@@H](C)NC(=O)CN)c1. The van der Waals surface area contributed by atoms with Crippen LogP contribution in [-0.4, -0.2) is 12.5 Å². The molecule has 1 atom stereocenters. The van der Waals surface area contributed by atoms with Crippen LogP contribution in [0.4, 0.5) is 0 Å². The summed E-state index contributed by atoms with van der Waals surface area (Å²) in [6.07, 6.45) is 0. The molecule has 0 aromatic heterocycles. The molecule has 0 saturated carbocycles. The number of nitrogens with one attached hydrogen (secondary N) is 1. The average Bonchev–Trinajstić information content (AvgIpc) is 2.17. The summed E-state index contributed by atoms with van der Waals surface area (Å²) in [6, 6.07) is 8.08. The van der Waals surface area contributed by atoms with Crippen LogP contribution in [0.25, 0.3) is 0 Å². The minimum absolute atomic E-state index is 0.0194. The van der Waals surface area contributed by atoms with Gasteiger partial charge in [-0.25, -0.2) is 0 Å². The Morgan fingerprint density at radius 3 is 2.86 bits per heavy atom. The minimum Gasteiger partial charge on any atom is -0.348 e. The number of carbonyl (C=O) groups is 1. The molecular formula is C11H16N2O. The number of rotatable bonds is 3. The van der Waals surface area contributed by atoms with Gasteiger partial charge in [-0.15, -0.1) is 0 Å². The van der Waals surface area contributed by atoms with Crippen LogP contribution in [0.3, 0.4) is 0 Å². The molecule has 76 valence electrons. The summed E-state index contributed by atoms with van der Waals surface area (Å²) in [6.45, 7) is 4.01. The summed E-state index contributed by atoms with van der Waals surface area (Å²) in [7, 11) is 0. The number of carbonyl (C=O) groups excluding carboxylic acids is 1. The van der Waals surface area contributed by atoms with Gasteiger partial charge in [-0.2, -0.15) is 0 Å². The maximum Gasteiger partial charge on any atom is 0.234 e. The molecule has 1 aromatic carbocycles. The molecule has 1 rings (SSSR count). The van der Waals surface area contributed by atoms with E-state index in [9.17, 15) is 4.79 Å². The average molecular weight is 192 g/mol. The minimum atomic E-state index is -0.126. The monoisotopic (exact) mass is 192 g/mol. The fourth-order valence-electron chi connectivity index (χ4n) is 1.32. The molecule has 0 aliphatic carbocycles. The third-order valence-electron chi connectivity index (χ3n) is 2.11. The molecule has 14 heavy (non-hydrogen) atoms. The van der Waals surface area contributed by atoms with Crippen LogP contribution in [0.2, 0.25) is 0 Å². The lowest BCUT2D eigenvalue weighted by molar-refractivity contribution is -0.120. The molecule has 0 radical (unpaired) electrons. The van der Waals surface area contributed by atoms with E-state index in [2.05, 4.69) is 11.4 Å². The third-order valence-corrected chi connectivity index (χ3v) is 2.11. The van der Waals surface area contributed by atoms with Gasteiger partial charge < -0.3 is 11.1 Å². The molecule has 0 bridgehead atoms. The van der Waals surface area contributed by atoms with E-state index in [0.717, 1.165) is 5.56 Å². The van der Waals surface area contributed by atoms with Gasteiger partial charge in [0.25, 0.3) is 0 Å². The second kappa shape index (κ2) is 4.77. The predicted molar refractivity (Wildman–Crippen MR) is 56.8 cm³/mol. The lowest BCUT2D eigenvalue weighted by Crippen LogP contribution is -2.32. The molecule has 0 saturated heterocycles. The highest BCUT2D eigenvalue weighted by Gasteiger charge is 2.07. The van der Waals surface area contributed by atoms with E-state index in [1.807, 2.05) is 32.0 Å². The maximum absolute atomic E-state index is 11.0. The Morgan fingerprint density at radius 2 is 2.29 bits per heavy atom. The Morgan fingerprint density at radius 1 is 1.57 bits per heavy atom. The summed E-state index contributed by atoms with van der Waals surface area (Å²) < 4.78 is 0. The normalized spacial score (nSPS) is 12.2. The Kier molecular flexibility index (Phi) is 3.65. The fraction of sp³-hybridized carbons (Fsp3) is 0.364. The van der Waals surface area contributed by atoms with Crippen molar-refractivity contribution in [2.45, 2.75) is 19.9 Å². The molecular weight excluding hydrogens is 176 g/mol. The zero-order valence-electron chi connectivity index (χ0n) is 8.58. The van der Waals surface area contributed by atoms with Crippen molar-refractivity contribution in [1.29, 1.82) is 0 Å². The zero-order chi connectivity index (χ0) is 10.6. The fourth-order valence-corrected chi connectivity index (χ4v) is 1.32. The van der Waals surface area contributed by atoms with Crippen molar-refractivity contribution in [3.8, 4) is 0 Å². The van der Waals surface area contributed by atoms with E-state index in [1.165, 1.54) is 5.56 Å². The summed E-state index contributed by atoms with van der Waals surface area (Å²) in [5.41, 5.74) is 7.51. The number of amides is 1. The first-order valence-corrected chi connectivity index (χ1v) is 4.69. The second-order valence-electron chi connectivity index (χ2n) is 3.41. The molecule has 0 aliphatic rings. The highest BCUT2D eigenvalue weighted by molar-refractivity contribution is 5.78. The highest BCUT2D eigenvalue weighted by Crippen LogP contribution is 2.13. The van der Waals surface area contributed by atoms with Gasteiger partial charge in [0.1, 0.15) is 0 Å². The topological polar surface area (TPSA) is 55.1 Å². The summed E-state index contributed by atoms with van der Waals surface area (Å²) >= 11 is 0. The molecule has 0 heterocycles. The van der Waals surface area contributed by atoms with Gasteiger partial charge >= 0.3 is 0 Å². The van der Waals surface area contributed by atoms with Crippen LogP contribution in [0.5, 0.6) is 0 Å². The van der Waals surface area contributed by atoms with Crippen molar-refractivity contribution in [3.63, 3.8) is 0 Å². The van der Waals surface area contributed by atoms with Crippen LogP contribution in [-0.2, 0) is 4.79 Å². The Hall–Kier alpha value is -1.35. The number of hydrogen-bond acceptors (Lipinski definition) is 2. The van der Waals surface area contributed by atoms with Crippen molar-refractivity contribution >= 4 is 5.91 Å². The molecule has 1 aromatic rings. The lowest BCUT2D eigenvalue weighted by atomic mass is 10.1. The summed E-state index contributed by atoms with van der Waals surface area (Å²) in [4.78, 5) is 11.0.